The Hall–Kier alpha value is -1.40. The molecule has 0 spiro atoms. The summed E-state index contributed by atoms with van der Waals surface area (Å²) in [5.41, 5.74) is 1.28. The molecule has 0 aliphatic carbocycles. The van der Waals surface area contributed by atoms with Crippen LogP contribution in [0.25, 0.3) is 0 Å². The number of aromatic nitrogens is 2. The second-order valence-electron chi connectivity index (χ2n) is 5.30. The van der Waals surface area contributed by atoms with Gasteiger partial charge in [-0.15, -0.1) is 0 Å². The van der Waals surface area contributed by atoms with E-state index in [1.54, 1.807) is 6.33 Å². The number of aryl methyl sites for hydroxylation is 1. The summed E-state index contributed by atoms with van der Waals surface area (Å²) >= 11 is 0. The molecule has 0 saturated carbocycles. The Morgan fingerprint density at radius 3 is 2.95 bits per heavy atom. The Labute approximate surface area is 112 Å². The molecule has 0 aromatic carbocycles. The number of H-pyrrole nitrogens is 1. The molecule has 6 nitrogen and oxygen atoms in total. The Morgan fingerprint density at radius 2 is 2.26 bits per heavy atom. The fraction of sp³-hybridized carbons (Fsp3) is 0.692. The zero-order chi connectivity index (χ0) is 13.2. The molecule has 1 aromatic heterocycles. The predicted octanol–water partition coefficient (Wildman–Crippen LogP) is 0.311. The fourth-order valence-corrected chi connectivity index (χ4v) is 2.94. The van der Waals surface area contributed by atoms with Crippen LogP contribution in [0.5, 0.6) is 0 Å². The van der Waals surface area contributed by atoms with Crippen molar-refractivity contribution in [3.8, 4) is 0 Å². The zero-order valence-corrected chi connectivity index (χ0v) is 11.2. The highest BCUT2D eigenvalue weighted by atomic mass is 16.5. The van der Waals surface area contributed by atoms with E-state index >= 15 is 0 Å². The smallest absolute Gasteiger partial charge is 0.272 e. The summed E-state index contributed by atoms with van der Waals surface area (Å²) in [5.74, 6) is -0.113. The molecule has 19 heavy (non-hydrogen) atoms. The number of hydrogen-bond donors (Lipinski definition) is 2. The van der Waals surface area contributed by atoms with Crippen LogP contribution in [-0.2, 0) is 4.74 Å². The van der Waals surface area contributed by atoms with E-state index in [0.29, 0.717) is 24.9 Å². The molecule has 2 aliphatic rings. The molecule has 2 atom stereocenters. The highest BCUT2D eigenvalue weighted by molar-refractivity contribution is 5.93. The van der Waals surface area contributed by atoms with Gasteiger partial charge in [0.1, 0.15) is 5.69 Å². The Kier molecular flexibility index (Phi) is 3.52. The predicted molar refractivity (Wildman–Crippen MR) is 70.0 cm³/mol. The second-order valence-corrected chi connectivity index (χ2v) is 5.30. The Morgan fingerprint density at radius 1 is 1.47 bits per heavy atom. The summed E-state index contributed by atoms with van der Waals surface area (Å²) in [6.45, 7) is 5.38. The molecule has 0 radical (unpaired) electrons. The van der Waals surface area contributed by atoms with E-state index in [4.69, 9.17) is 4.74 Å². The lowest BCUT2D eigenvalue weighted by molar-refractivity contribution is 0.0911. The van der Waals surface area contributed by atoms with Gasteiger partial charge in [0.15, 0.2) is 0 Å². The number of carbonyl (C=O) groups is 1. The number of hydrogen-bond acceptors (Lipinski definition) is 4. The van der Waals surface area contributed by atoms with Gasteiger partial charge >= 0.3 is 0 Å². The minimum atomic E-state index is -0.113. The first-order valence-electron chi connectivity index (χ1n) is 6.88. The van der Waals surface area contributed by atoms with Crippen molar-refractivity contribution in [2.45, 2.75) is 31.8 Å². The number of amides is 1. The van der Waals surface area contributed by atoms with Crippen LogP contribution in [0.2, 0.25) is 0 Å². The van der Waals surface area contributed by atoms with Crippen molar-refractivity contribution in [2.24, 2.45) is 0 Å². The summed E-state index contributed by atoms with van der Waals surface area (Å²) in [6, 6.07) is 0.382. The van der Waals surface area contributed by atoms with Gasteiger partial charge in [-0.3, -0.25) is 9.69 Å². The fourth-order valence-electron chi connectivity index (χ4n) is 2.94. The van der Waals surface area contributed by atoms with E-state index in [-0.39, 0.29) is 11.9 Å². The highest BCUT2D eigenvalue weighted by Crippen LogP contribution is 2.19. The van der Waals surface area contributed by atoms with E-state index in [9.17, 15) is 4.79 Å². The molecule has 3 heterocycles. The van der Waals surface area contributed by atoms with Crippen molar-refractivity contribution in [1.29, 1.82) is 0 Å². The van der Waals surface area contributed by atoms with Gasteiger partial charge in [-0.1, -0.05) is 0 Å². The van der Waals surface area contributed by atoms with Gasteiger partial charge in [-0.25, -0.2) is 4.98 Å². The third-order valence-electron chi connectivity index (χ3n) is 4.02. The molecule has 0 bridgehead atoms. The number of likely N-dealkylation sites (tertiary alicyclic amines) is 1. The van der Waals surface area contributed by atoms with Crippen LogP contribution in [0.4, 0.5) is 0 Å². The average molecular weight is 264 g/mol. The molecule has 2 N–H and O–H groups in total. The van der Waals surface area contributed by atoms with Crippen molar-refractivity contribution in [3.05, 3.63) is 17.7 Å². The Balaban J connectivity index is 1.65. The van der Waals surface area contributed by atoms with Crippen LogP contribution < -0.4 is 5.32 Å². The van der Waals surface area contributed by atoms with E-state index in [0.717, 1.165) is 18.8 Å². The van der Waals surface area contributed by atoms with Crippen LogP contribution >= 0.6 is 0 Å². The number of nitrogens with zero attached hydrogens (tertiary/aromatic N) is 2. The average Bonchev–Trinajstić information content (AvgIpc) is 3.07. The maximum Gasteiger partial charge on any atom is 0.272 e. The number of rotatable bonds is 3. The first kappa shape index (κ1) is 12.6. The molecule has 1 aromatic rings. The van der Waals surface area contributed by atoms with Gasteiger partial charge in [0.2, 0.25) is 0 Å². The maximum absolute atomic E-state index is 12.2. The summed E-state index contributed by atoms with van der Waals surface area (Å²) in [6.07, 6.45) is 4.04. The minimum absolute atomic E-state index is 0.0710. The van der Waals surface area contributed by atoms with Crippen molar-refractivity contribution in [3.63, 3.8) is 0 Å². The van der Waals surface area contributed by atoms with Crippen LogP contribution in [0.1, 0.15) is 29.0 Å². The van der Waals surface area contributed by atoms with Gasteiger partial charge in [0, 0.05) is 5.69 Å². The quantitative estimate of drug-likeness (QED) is 0.824. The molecule has 2 aliphatic heterocycles. The van der Waals surface area contributed by atoms with Crippen molar-refractivity contribution < 1.29 is 9.53 Å². The molecule has 104 valence electrons. The Bertz CT molecular complexity index is 453. The first-order chi connectivity index (χ1) is 9.25. The molecule has 2 fully saturated rings. The number of aromatic amines is 1. The lowest BCUT2D eigenvalue weighted by Crippen LogP contribution is -2.50. The summed E-state index contributed by atoms with van der Waals surface area (Å²) < 4.78 is 5.55. The van der Waals surface area contributed by atoms with Crippen molar-refractivity contribution in [1.82, 2.24) is 20.2 Å². The third-order valence-corrected chi connectivity index (χ3v) is 4.02. The van der Waals surface area contributed by atoms with E-state index in [1.807, 2.05) is 6.92 Å². The van der Waals surface area contributed by atoms with Crippen molar-refractivity contribution in [2.75, 3.05) is 26.3 Å². The normalized spacial score (nSPS) is 27.8. The SMILES string of the molecule is Cc1[nH]cnc1C(=O)N[C@H]1COC[C@@H]1N1CCCC1. The van der Waals surface area contributed by atoms with E-state index in [2.05, 4.69) is 20.2 Å². The largest absolute Gasteiger partial charge is 0.378 e. The molecule has 2 saturated heterocycles. The molecule has 1 amide bonds. The molecule has 3 rings (SSSR count). The standard InChI is InChI=1S/C13H20N4O2/c1-9-12(15-8-14-9)13(18)16-10-6-19-7-11(10)17-4-2-3-5-17/h8,10-11H,2-7H2,1H3,(H,14,15)(H,16,18)/t10-,11-/m0/s1. The topological polar surface area (TPSA) is 70.2 Å². The van der Waals surface area contributed by atoms with Gasteiger partial charge in [-0.2, -0.15) is 0 Å². The monoisotopic (exact) mass is 264 g/mol. The molecular weight excluding hydrogens is 244 g/mol. The van der Waals surface area contributed by atoms with Crippen LogP contribution in [-0.4, -0.2) is 59.2 Å². The number of imidazole rings is 1. The number of nitrogens with one attached hydrogen (secondary N) is 2. The van der Waals surface area contributed by atoms with Crippen molar-refractivity contribution >= 4 is 5.91 Å². The van der Waals surface area contributed by atoms with Gasteiger partial charge < -0.3 is 15.0 Å². The minimum Gasteiger partial charge on any atom is -0.378 e. The second kappa shape index (κ2) is 5.30. The molecule has 0 unspecified atom stereocenters. The first-order valence-corrected chi connectivity index (χ1v) is 6.88. The number of ether oxygens (including phenoxy) is 1. The zero-order valence-electron chi connectivity index (χ0n) is 11.2. The maximum atomic E-state index is 12.2. The molecular formula is C13H20N4O2. The van der Waals surface area contributed by atoms with E-state index < -0.39 is 0 Å². The van der Waals surface area contributed by atoms with Gasteiger partial charge in [-0.05, 0) is 32.9 Å². The highest BCUT2D eigenvalue weighted by Gasteiger charge is 2.35. The summed E-state index contributed by atoms with van der Waals surface area (Å²) in [7, 11) is 0. The van der Waals surface area contributed by atoms with Gasteiger partial charge in [0.25, 0.3) is 5.91 Å². The lowest BCUT2D eigenvalue weighted by atomic mass is 10.1. The lowest BCUT2D eigenvalue weighted by Gasteiger charge is -2.27. The molecule has 6 heteroatoms. The summed E-state index contributed by atoms with van der Waals surface area (Å²) in [5, 5.41) is 3.06. The summed E-state index contributed by atoms with van der Waals surface area (Å²) in [4.78, 5) is 21.6. The van der Waals surface area contributed by atoms with E-state index in [1.165, 1.54) is 12.8 Å². The van der Waals surface area contributed by atoms with Gasteiger partial charge in [0.05, 0.1) is 31.6 Å². The third kappa shape index (κ3) is 2.50. The van der Waals surface area contributed by atoms with Crippen LogP contribution in [0.15, 0.2) is 6.33 Å². The van der Waals surface area contributed by atoms with Crippen LogP contribution in [0.3, 0.4) is 0 Å². The van der Waals surface area contributed by atoms with Crippen LogP contribution in [0, 0.1) is 6.92 Å². The number of carbonyl (C=O) groups excluding carboxylic acids is 1.